The second-order valence-electron chi connectivity index (χ2n) is 4.80. The molecule has 0 bridgehead atoms. The summed E-state index contributed by atoms with van der Waals surface area (Å²) in [4.78, 5) is 0. The molecule has 0 amide bonds. The molecule has 19 heavy (non-hydrogen) atoms. The Labute approximate surface area is 111 Å². The molecule has 1 aromatic heterocycles. The number of nitrogen functional groups attached to an aromatic ring is 1. The van der Waals surface area contributed by atoms with Gasteiger partial charge in [0.1, 0.15) is 17.7 Å². The number of nitrogens with zero attached hydrogens (tertiary/aromatic N) is 2. The van der Waals surface area contributed by atoms with E-state index < -0.39 is 6.10 Å². The number of rotatable bonds is 2. The number of ether oxygens (including phenoxy) is 1. The summed E-state index contributed by atoms with van der Waals surface area (Å²) in [5.41, 5.74) is 8.44. The number of aryl methyl sites for hydroxylation is 2. The predicted octanol–water partition coefficient (Wildman–Crippen LogP) is 1.41. The number of hydrogen-bond acceptors (Lipinski definition) is 4. The highest BCUT2D eigenvalue weighted by molar-refractivity contribution is 5.51. The summed E-state index contributed by atoms with van der Waals surface area (Å²) in [6, 6.07) is 5.86. The van der Waals surface area contributed by atoms with E-state index in [0.717, 1.165) is 29.7 Å². The number of anilines is 1. The van der Waals surface area contributed by atoms with Gasteiger partial charge in [-0.1, -0.05) is 18.2 Å². The third kappa shape index (κ3) is 1.96. The van der Waals surface area contributed by atoms with Crippen molar-refractivity contribution in [1.29, 1.82) is 0 Å². The number of benzene rings is 1. The van der Waals surface area contributed by atoms with E-state index in [4.69, 9.17) is 10.5 Å². The van der Waals surface area contributed by atoms with E-state index in [2.05, 4.69) is 5.10 Å². The molecule has 0 fully saturated rings. The quantitative estimate of drug-likeness (QED) is 0.855. The molecule has 0 saturated heterocycles. The maximum atomic E-state index is 10.5. The fourth-order valence-corrected chi connectivity index (χ4v) is 2.47. The first kappa shape index (κ1) is 12.0. The zero-order valence-electron chi connectivity index (χ0n) is 10.8. The van der Waals surface area contributed by atoms with Gasteiger partial charge in [-0.2, -0.15) is 5.10 Å². The molecule has 0 saturated carbocycles. The Morgan fingerprint density at radius 1 is 1.42 bits per heavy atom. The number of para-hydroxylation sites is 1. The van der Waals surface area contributed by atoms with Crippen LogP contribution in [0.4, 0.5) is 5.82 Å². The largest absolute Gasteiger partial charge is 0.493 e. The van der Waals surface area contributed by atoms with Gasteiger partial charge in [0, 0.05) is 18.2 Å². The molecule has 0 spiro atoms. The molecule has 1 aromatic carbocycles. The SMILES string of the molecule is Cn1ncc(C(O)c2cccc3c2OCCC3)c1N. The normalized spacial score (nSPS) is 15.7. The van der Waals surface area contributed by atoms with E-state index in [-0.39, 0.29) is 0 Å². The first-order valence-corrected chi connectivity index (χ1v) is 6.38. The fourth-order valence-electron chi connectivity index (χ4n) is 2.47. The molecule has 1 aliphatic heterocycles. The van der Waals surface area contributed by atoms with Crippen molar-refractivity contribution < 1.29 is 9.84 Å². The van der Waals surface area contributed by atoms with Gasteiger partial charge in [0.05, 0.1) is 12.8 Å². The average Bonchev–Trinajstić information content (AvgIpc) is 2.78. The fraction of sp³-hybridized carbons (Fsp3) is 0.357. The van der Waals surface area contributed by atoms with Gasteiger partial charge in [0.15, 0.2) is 0 Å². The highest BCUT2D eigenvalue weighted by Gasteiger charge is 2.23. The van der Waals surface area contributed by atoms with Crippen LogP contribution in [-0.4, -0.2) is 21.5 Å². The first-order valence-electron chi connectivity index (χ1n) is 6.38. The van der Waals surface area contributed by atoms with Gasteiger partial charge in [0.25, 0.3) is 0 Å². The molecule has 100 valence electrons. The molecular formula is C14H17N3O2. The van der Waals surface area contributed by atoms with E-state index >= 15 is 0 Å². The molecule has 5 nitrogen and oxygen atoms in total. The third-order valence-electron chi connectivity index (χ3n) is 3.57. The van der Waals surface area contributed by atoms with Crippen LogP contribution in [0.5, 0.6) is 5.75 Å². The van der Waals surface area contributed by atoms with Crippen molar-refractivity contribution in [2.24, 2.45) is 7.05 Å². The Morgan fingerprint density at radius 2 is 2.26 bits per heavy atom. The van der Waals surface area contributed by atoms with E-state index in [1.54, 1.807) is 17.9 Å². The number of nitrogens with two attached hydrogens (primary N) is 1. The van der Waals surface area contributed by atoms with Crippen LogP contribution >= 0.6 is 0 Å². The smallest absolute Gasteiger partial charge is 0.128 e. The van der Waals surface area contributed by atoms with Crippen LogP contribution in [0.2, 0.25) is 0 Å². The van der Waals surface area contributed by atoms with Crippen LogP contribution in [0.1, 0.15) is 29.2 Å². The maximum Gasteiger partial charge on any atom is 0.128 e. The number of aliphatic hydroxyl groups excluding tert-OH is 1. The molecule has 1 aliphatic rings. The predicted molar refractivity (Wildman–Crippen MR) is 71.9 cm³/mol. The molecule has 2 heterocycles. The van der Waals surface area contributed by atoms with Crippen LogP contribution in [0.3, 0.4) is 0 Å². The maximum absolute atomic E-state index is 10.5. The van der Waals surface area contributed by atoms with Crippen LogP contribution in [-0.2, 0) is 13.5 Å². The Kier molecular flexibility index (Phi) is 2.91. The Balaban J connectivity index is 2.05. The summed E-state index contributed by atoms with van der Waals surface area (Å²) in [6.07, 6.45) is 2.80. The lowest BCUT2D eigenvalue weighted by atomic mass is 9.96. The van der Waals surface area contributed by atoms with Crippen molar-refractivity contribution in [3.63, 3.8) is 0 Å². The van der Waals surface area contributed by atoms with Crippen LogP contribution < -0.4 is 10.5 Å². The zero-order chi connectivity index (χ0) is 13.4. The summed E-state index contributed by atoms with van der Waals surface area (Å²) in [5.74, 6) is 1.27. The Bertz CT molecular complexity index is 607. The van der Waals surface area contributed by atoms with Crippen LogP contribution in [0, 0.1) is 0 Å². The summed E-state index contributed by atoms with van der Waals surface area (Å²) in [7, 11) is 1.75. The zero-order valence-corrected chi connectivity index (χ0v) is 10.8. The lowest BCUT2D eigenvalue weighted by Crippen LogP contribution is -2.13. The topological polar surface area (TPSA) is 73.3 Å². The minimum absolute atomic E-state index is 0.473. The molecule has 3 rings (SSSR count). The molecule has 0 radical (unpaired) electrons. The molecule has 0 aliphatic carbocycles. The van der Waals surface area contributed by atoms with Gasteiger partial charge in [-0.15, -0.1) is 0 Å². The summed E-state index contributed by atoms with van der Waals surface area (Å²) in [5, 5.41) is 14.6. The molecule has 1 atom stereocenters. The number of hydrogen-bond donors (Lipinski definition) is 2. The molecule has 5 heteroatoms. The average molecular weight is 259 g/mol. The van der Waals surface area contributed by atoms with Crippen molar-refractivity contribution in [2.45, 2.75) is 18.9 Å². The summed E-state index contributed by atoms with van der Waals surface area (Å²) >= 11 is 0. The van der Waals surface area contributed by atoms with E-state index in [9.17, 15) is 5.11 Å². The van der Waals surface area contributed by atoms with Gasteiger partial charge in [-0.3, -0.25) is 4.68 Å². The second-order valence-corrected chi connectivity index (χ2v) is 4.80. The van der Waals surface area contributed by atoms with Crippen molar-refractivity contribution in [3.8, 4) is 5.75 Å². The van der Waals surface area contributed by atoms with Crippen molar-refractivity contribution in [1.82, 2.24) is 9.78 Å². The van der Waals surface area contributed by atoms with E-state index in [1.807, 2.05) is 18.2 Å². The highest BCUT2D eigenvalue weighted by atomic mass is 16.5. The van der Waals surface area contributed by atoms with E-state index in [1.165, 1.54) is 0 Å². The molecule has 2 aromatic rings. The molecular weight excluding hydrogens is 242 g/mol. The van der Waals surface area contributed by atoms with Gasteiger partial charge < -0.3 is 15.6 Å². The minimum Gasteiger partial charge on any atom is -0.493 e. The lowest BCUT2D eigenvalue weighted by molar-refractivity contribution is 0.207. The number of aromatic nitrogens is 2. The van der Waals surface area contributed by atoms with Gasteiger partial charge >= 0.3 is 0 Å². The monoisotopic (exact) mass is 259 g/mol. The summed E-state index contributed by atoms with van der Waals surface area (Å²) < 4.78 is 7.27. The Hall–Kier alpha value is -2.01. The third-order valence-corrected chi connectivity index (χ3v) is 3.57. The van der Waals surface area contributed by atoms with Crippen molar-refractivity contribution in [3.05, 3.63) is 41.1 Å². The number of fused-ring (bicyclic) bond motifs is 1. The molecule has 3 N–H and O–H groups in total. The van der Waals surface area contributed by atoms with Crippen LogP contribution in [0.15, 0.2) is 24.4 Å². The number of aliphatic hydroxyl groups is 1. The molecule has 1 unspecified atom stereocenters. The van der Waals surface area contributed by atoms with Crippen molar-refractivity contribution >= 4 is 5.82 Å². The first-order chi connectivity index (χ1) is 9.18. The Morgan fingerprint density at radius 3 is 3.00 bits per heavy atom. The highest BCUT2D eigenvalue weighted by Crippen LogP contribution is 2.36. The minimum atomic E-state index is -0.804. The van der Waals surface area contributed by atoms with Crippen molar-refractivity contribution in [2.75, 3.05) is 12.3 Å². The van der Waals surface area contributed by atoms with E-state index in [0.29, 0.717) is 18.0 Å². The second kappa shape index (κ2) is 4.59. The van der Waals surface area contributed by atoms with Crippen LogP contribution in [0.25, 0.3) is 0 Å². The standard InChI is InChI=1S/C14H17N3O2/c1-17-14(15)11(8-16-17)12(18)10-6-2-4-9-5-3-7-19-13(9)10/h2,4,6,8,12,18H,3,5,7,15H2,1H3. The van der Waals surface area contributed by atoms with Gasteiger partial charge in [0.2, 0.25) is 0 Å². The lowest BCUT2D eigenvalue weighted by Gasteiger charge is -2.22. The summed E-state index contributed by atoms with van der Waals surface area (Å²) in [6.45, 7) is 0.694. The van der Waals surface area contributed by atoms with Gasteiger partial charge in [-0.25, -0.2) is 0 Å². The van der Waals surface area contributed by atoms with Gasteiger partial charge in [-0.05, 0) is 18.4 Å².